The summed E-state index contributed by atoms with van der Waals surface area (Å²) >= 11 is -2.48. The highest BCUT2D eigenvalue weighted by molar-refractivity contribution is 7.74. The van der Waals surface area contributed by atoms with Gasteiger partial charge in [0.15, 0.2) is 0 Å². The monoisotopic (exact) mass is 245 g/mol. The van der Waals surface area contributed by atoms with Gasteiger partial charge in [-0.2, -0.15) is 4.21 Å². The fourth-order valence-corrected chi connectivity index (χ4v) is 1.55. The molecule has 0 aromatic heterocycles. The van der Waals surface area contributed by atoms with Crippen LogP contribution in [0, 0.1) is 12.7 Å². The van der Waals surface area contributed by atoms with Crippen molar-refractivity contribution in [2.75, 3.05) is 12.1 Å². The molecule has 1 aromatic rings. The van der Waals surface area contributed by atoms with Crippen molar-refractivity contribution in [3.05, 3.63) is 35.7 Å². The van der Waals surface area contributed by atoms with Crippen LogP contribution in [0.25, 0.3) is 6.08 Å². The summed E-state index contributed by atoms with van der Waals surface area (Å²) in [6, 6.07) is 2.80. The van der Waals surface area contributed by atoms with Crippen molar-refractivity contribution >= 4 is 23.1 Å². The predicted octanol–water partition coefficient (Wildman–Crippen LogP) is 2.28. The van der Waals surface area contributed by atoms with Gasteiger partial charge < -0.3 is 0 Å². The predicted molar refractivity (Wildman–Crippen MR) is 61.5 cm³/mol. The first-order valence-corrected chi connectivity index (χ1v) is 5.44. The first kappa shape index (κ1) is 12.8. The van der Waals surface area contributed by atoms with Crippen LogP contribution in [0.3, 0.4) is 0 Å². The minimum absolute atomic E-state index is 0.0884. The van der Waals surface area contributed by atoms with E-state index >= 15 is 0 Å². The number of rotatable bonds is 4. The molecule has 1 rings (SSSR count). The fraction of sp³-hybridized carbons (Fsp3) is 0.200. The molecule has 1 unspecified atom stereocenters. The second-order valence-electron chi connectivity index (χ2n) is 3.15. The third-order valence-electron chi connectivity index (χ3n) is 2.07. The van der Waals surface area contributed by atoms with Gasteiger partial charge in [0.25, 0.3) is 0 Å². The molecule has 0 saturated heterocycles. The van der Waals surface area contributed by atoms with Crippen LogP contribution >= 0.6 is 0 Å². The summed E-state index contributed by atoms with van der Waals surface area (Å²) < 4.78 is 36.9. The van der Waals surface area contributed by atoms with E-state index in [9.17, 15) is 8.60 Å². The minimum atomic E-state index is -2.48. The Morgan fingerprint density at radius 2 is 2.25 bits per heavy atom. The van der Waals surface area contributed by atoms with Crippen LogP contribution in [0.1, 0.15) is 11.1 Å². The van der Waals surface area contributed by atoms with Crippen LogP contribution in [0.2, 0.25) is 0 Å². The molecule has 0 radical (unpaired) electrons. The summed E-state index contributed by atoms with van der Waals surface area (Å²) in [6.45, 7) is 5.34. The number of anilines is 1. The SMILES string of the molecule is C=Cc1cc(F)c(N(C)OS(=O)O)cc1C. The van der Waals surface area contributed by atoms with Gasteiger partial charge in [0.2, 0.25) is 0 Å². The minimum Gasteiger partial charge on any atom is -0.282 e. The maximum atomic E-state index is 13.6. The first-order chi connectivity index (χ1) is 7.45. The van der Waals surface area contributed by atoms with E-state index in [2.05, 4.69) is 10.9 Å². The van der Waals surface area contributed by atoms with Crippen molar-refractivity contribution in [2.24, 2.45) is 0 Å². The Kier molecular flexibility index (Phi) is 4.17. The topological polar surface area (TPSA) is 49.8 Å². The molecule has 4 nitrogen and oxygen atoms in total. The van der Waals surface area contributed by atoms with E-state index in [1.807, 2.05) is 0 Å². The average molecular weight is 245 g/mol. The number of aryl methyl sites for hydroxylation is 1. The lowest BCUT2D eigenvalue weighted by Gasteiger charge is -2.17. The molecule has 6 heteroatoms. The van der Waals surface area contributed by atoms with Gasteiger partial charge in [-0.1, -0.05) is 12.7 Å². The summed E-state index contributed by atoms with van der Waals surface area (Å²) in [6.07, 6.45) is 1.53. The van der Waals surface area contributed by atoms with Crippen LogP contribution in [-0.2, 0) is 15.6 Å². The third-order valence-corrected chi connectivity index (χ3v) is 2.42. The van der Waals surface area contributed by atoms with E-state index < -0.39 is 17.2 Å². The van der Waals surface area contributed by atoms with Gasteiger partial charge in [-0.3, -0.25) is 4.55 Å². The van der Waals surface area contributed by atoms with Crippen molar-refractivity contribution in [3.63, 3.8) is 0 Å². The van der Waals surface area contributed by atoms with E-state index in [1.54, 1.807) is 6.92 Å². The zero-order valence-corrected chi connectivity index (χ0v) is 9.75. The van der Waals surface area contributed by atoms with Crippen molar-refractivity contribution in [1.29, 1.82) is 0 Å². The molecule has 1 atom stereocenters. The van der Waals surface area contributed by atoms with Crippen LogP contribution in [-0.4, -0.2) is 15.8 Å². The number of hydroxylamine groups is 1. The van der Waals surface area contributed by atoms with Gasteiger partial charge in [-0.25, -0.2) is 9.45 Å². The maximum absolute atomic E-state index is 13.6. The Labute approximate surface area is 95.8 Å². The molecular weight excluding hydrogens is 233 g/mol. The average Bonchev–Trinajstić information content (AvgIpc) is 2.19. The molecule has 0 fully saturated rings. The largest absolute Gasteiger partial charge is 0.325 e. The molecule has 88 valence electrons. The fourth-order valence-electron chi connectivity index (χ4n) is 1.28. The lowest BCUT2D eigenvalue weighted by molar-refractivity contribution is 0.291. The molecule has 0 aliphatic heterocycles. The summed E-state index contributed by atoms with van der Waals surface area (Å²) in [5.74, 6) is -0.548. The standard InChI is InChI=1S/C10H12FNO3S/c1-4-8-6-9(11)10(5-7(8)2)12(3)15-16(13)14/h4-6H,1H2,2-3H3,(H,13,14). The molecule has 0 saturated carbocycles. The molecule has 0 bridgehead atoms. The first-order valence-electron chi connectivity index (χ1n) is 4.41. The number of hydrogen-bond acceptors (Lipinski definition) is 3. The highest BCUT2D eigenvalue weighted by Crippen LogP contribution is 2.23. The van der Waals surface area contributed by atoms with Gasteiger partial charge >= 0.3 is 11.4 Å². The molecule has 0 spiro atoms. The Balaban J connectivity index is 3.10. The Morgan fingerprint density at radius 1 is 1.62 bits per heavy atom. The Bertz CT molecular complexity index is 436. The third kappa shape index (κ3) is 2.88. The summed E-state index contributed by atoms with van der Waals surface area (Å²) in [5, 5.41) is 0.908. The van der Waals surface area contributed by atoms with Gasteiger partial charge in [-0.15, -0.1) is 4.28 Å². The van der Waals surface area contributed by atoms with Crippen LogP contribution in [0.4, 0.5) is 10.1 Å². The highest BCUT2D eigenvalue weighted by Gasteiger charge is 2.12. The number of hydrogen-bond donors (Lipinski definition) is 1. The Morgan fingerprint density at radius 3 is 2.75 bits per heavy atom. The molecular formula is C10H12FNO3S. The summed E-state index contributed by atoms with van der Waals surface area (Å²) in [4.78, 5) is 0. The number of benzene rings is 1. The summed E-state index contributed by atoms with van der Waals surface area (Å²) in [7, 11) is 1.35. The van der Waals surface area contributed by atoms with Gasteiger partial charge in [0.05, 0.1) is 0 Å². The smallest absolute Gasteiger partial charge is 0.282 e. The van der Waals surface area contributed by atoms with E-state index in [4.69, 9.17) is 4.55 Å². The van der Waals surface area contributed by atoms with E-state index in [0.717, 1.165) is 10.6 Å². The molecule has 16 heavy (non-hydrogen) atoms. The van der Waals surface area contributed by atoms with E-state index in [1.165, 1.54) is 25.3 Å². The van der Waals surface area contributed by atoms with E-state index in [0.29, 0.717) is 5.56 Å². The quantitative estimate of drug-likeness (QED) is 0.653. The highest BCUT2D eigenvalue weighted by atomic mass is 32.2. The summed E-state index contributed by atoms with van der Waals surface area (Å²) in [5.41, 5.74) is 1.55. The second kappa shape index (κ2) is 5.20. The molecule has 0 heterocycles. The number of halogens is 1. The van der Waals surface area contributed by atoms with Crippen molar-refractivity contribution in [1.82, 2.24) is 0 Å². The maximum Gasteiger partial charge on any atom is 0.325 e. The van der Waals surface area contributed by atoms with E-state index in [-0.39, 0.29) is 5.69 Å². The lowest BCUT2D eigenvalue weighted by Crippen LogP contribution is -2.20. The molecule has 1 N–H and O–H groups in total. The zero-order valence-electron chi connectivity index (χ0n) is 8.94. The van der Waals surface area contributed by atoms with Gasteiger partial charge in [-0.05, 0) is 30.2 Å². The molecule has 0 aliphatic carbocycles. The van der Waals surface area contributed by atoms with Crippen molar-refractivity contribution in [3.8, 4) is 0 Å². The van der Waals surface area contributed by atoms with Crippen molar-refractivity contribution < 1.29 is 17.4 Å². The zero-order chi connectivity index (χ0) is 12.3. The second-order valence-corrected chi connectivity index (χ2v) is 3.74. The van der Waals surface area contributed by atoms with Crippen molar-refractivity contribution in [2.45, 2.75) is 6.92 Å². The molecule has 1 aromatic carbocycles. The van der Waals surface area contributed by atoms with Crippen LogP contribution in [0.5, 0.6) is 0 Å². The molecule has 0 aliphatic rings. The lowest BCUT2D eigenvalue weighted by atomic mass is 10.1. The van der Waals surface area contributed by atoms with Crippen LogP contribution < -0.4 is 5.06 Å². The van der Waals surface area contributed by atoms with Gasteiger partial charge in [0.1, 0.15) is 11.5 Å². The Hall–Kier alpha value is -1.24. The van der Waals surface area contributed by atoms with Gasteiger partial charge in [0, 0.05) is 7.05 Å². The molecule has 0 amide bonds. The van der Waals surface area contributed by atoms with Crippen LogP contribution in [0.15, 0.2) is 18.7 Å². The number of nitrogens with zero attached hydrogens (tertiary/aromatic N) is 1. The normalized spacial score (nSPS) is 12.2.